The summed E-state index contributed by atoms with van der Waals surface area (Å²) < 4.78 is 2.93. The normalized spacial score (nSPS) is 10.8. The van der Waals surface area contributed by atoms with Gasteiger partial charge in [0.1, 0.15) is 6.33 Å². The first kappa shape index (κ1) is 11.9. The predicted molar refractivity (Wildman–Crippen MR) is 75.7 cm³/mol. The van der Waals surface area contributed by atoms with Gasteiger partial charge in [0, 0.05) is 10.2 Å². The first-order valence-corrected chi connectivity index (χ1v) is 6.41. The third-order valence-corrected chi connectivity index (χ3v) is 3.43. The lowest BCUT2D eigenvalue weighted by molar-refractivity contribution is 0.0697. The van der Waals surface area contributed by atoms with Gasteiger partial charge in [0.15, 0.2) is 0 Å². The van der Waals surface area contributed by atoms with Crippen LogP contribution in [0.25, 0.3) is 16.7 Å². The predicted octanol–water partition coefficient (Wildman–Crippen LogP) is 3.49. The molecule has 0 fully saturated rings. The second kappa shape index (κ2) is 4.51. The fraction of sp³-hybridized carbons (Fsp3) is 0. The summed E-state index contributed by atoms with van der Waals surface area (Å²) in [5.74, 6) is -0.944. The van der Waals surface area contributed by atoms with E-state index < -0.39 is 5.97 Å². The summed E-state index contributed by atoms with van der Waals surface area (Å²) in [6.45, 7) is 0. The van der Waals surface area contributed by atoms with Gasteiger partial charge in [-0.2, -0.15) is 0 Å². The number of benzene rings is 2. The Bertz CT molecular complexity index is 763. The molecule has 1 aromatic heterocycles. The molecule has 1 N–H and O–H groups in total. The second-order valence-electron chi connectivity index (χ2n) is 4.10. The van der Waals surface area contributed by atoms with Crippen molar-refractivity contribution in [1.82, 2.24) is 9.55 Å². The van der Waals surface area contributed by atoms with Crippen molar-refractivity contribution in [2.75, 3.05) is 0 Å². The largest absolute Gasteiger partial charge is 0.478 e. The van der Waals surface area contributed by atoms with E-state index in [-0.39, 0.29) is 5.56 Å². The highest BCUT2D eigenvalue weighted by Crippen LogP contribution is 2.21. The average molecular weight is 317 g/mol. The Morgan fingerprint density at radius 1 is 1.16 bits per heavy atom. The Balaban J connectivity index is 2.15. The van der Waals surface area contributed by atoms with Crippen LogP contribution in [0.1, 0.15) is 10.4 Å². The SMILES string of the molecule is O=C(O)c1ccc2c(c1)ncn2-c1ccc(Br)cc1. The van der Waals surface area contributed by atoms with E-state index >= 15 is 0 Å². The van der Waals surface area contributed by atoms with E-state index in [0.29, 0.717) is 5.52 Å². The number of carboxylic acid groups (broad SMARTS) is 1. The summed E-state index contributed by atoms with van der Waals surface area (Å²) in [5.41, 5.74) is 2.78. The molecule has 3 aromatic rings. The molecule has 5 heteroatoms. The van der Waals surface area contributed by atoms with Crippen LogP contribution in [-0.4, -0.2) is 20.6 Å². The Kier molecular flexibility index (Phi) is 2.83. The van der Waals surface area contributed by atoms with Gasteiger partial charge in [-0.25, -0.2) is 9.78 Å². The van der Waals surface area contributed by atoms with Crippen molar-refractivity contribution in [3.63, 3.8) is 0 Å². The highest BCUT2D eigenvalue weighted by atomic mass is 79.9. The molecule has 1 heterocycles. The minimum atomic E-state index is -0.944. The van der Waals surface area contributed by atoms with Gasteiger partial charge in [0.2, 0.25) is 0 Å². The third-order valence-electron chi connectivity index (χ3n) is 2.90. The number of carbonyl (C=O) groups is 1. The molecule has 0 aliphatic carbocycles. The van der Waals surface area contributed by atoms with Crippen LogP contribution in [0.4, 0.5) is 0 Å². The molecule has 4 nitrogen and oxygen atoms in total. The maximum atomic E-state index is 10.9. The molecule has 0 aliphatic rings. The van der Waals surface area contributed by atoms with E-state index in [0.717, 1.165) is 15.7 Å². The van der Waals surface area contributed by atoms with Crippen molar-refractivity contribution in [2.45, 2.75) is 0 Å². The molecule has 0 unspecified atom stereocenters. The molecule has 2 aromatic carbocycles. The molecule has 0 bridgehead atoms. The molecule has 0 amide bonds. The fourth-order valence-corrected chi connectivity index (χ4v) is 2.22. The van der Waals surface area contributed by atoms with Crippen molar-refractivity contribution in [2.24, 2.45) is 0 Å². The van der Waals surface area contributed by atoms with Crippen LogP contribution in [0.5, 0.6) is 0 Å². The van der Waals surface area contributed by atoms with Crippen molar-refractivity contribution in [1.29, 1.82) is 0 Å². The zero-order valence-corrected chi connectivity index (χ0v) is 11.3. The van der Waals surface area contributed by atoms with Gasteiger partial charge in [0.05, 0.1) is 16.6 Å². The van der Waals surface area contributed by atoms with E-state index in [1.54, 1.807) is 24.5 Å². The number of hydrogen-bond acceptors (Lipinski definition) is 2. The number of fused-ring (bicyclic) bond motifs is 1. The number of aromatic carboxylic acids is 1. The van der Waals surface area contributed by atoms with Crippen LogP contribution in [0.15, 0.2) is 53.3 Å². The molecular weight excluding hydrogens is 308 g/mol. The smallest absolute Gasteiger partial charge is 0.335 e. The number of aromatic nitrogens is 2. The number of imidazole rings is 1. The quantitative estimate of drug-likeness (QED) is 0.787. The van der Waals surface area contributed by atoms with Crippen LogP contribution < -0.4 is 0 Å². The molecular formula is C14H9BrN2O2. The van der Waals surface area contributed by atoms with E-state index in [9.17, 15) is 4.79 Å². The van der Waals surface area contributed by atoms with Crippen LogP contribution in [0, 0.1) is 0 Å². The van der Waals surface area contributed by atoms with Crippen molar-refractivity contribution in [3.8, 4) is 5.69 Å². The summed E-state index contributed by atoms with van der Waals surface area (Å²) in [7, 11) is 0. The number of rotatable bonds is 2. The zero-order valence-electron chi connectivity index (χ0n) is 9.75. The molecule has 3 rings (SSSR count). The lowest BCUT2D eigenvalue weighted by atomic mass is 10.2. The van der Waals surface area contributed by atoms with E-state index in [1.165, 1.54) is 0 Å². The number of hydrogen-bond donors (Lipinski definition) is 1. The van der Waals surface area contributed by atoms with Crippen LogP contribution in [0.3, 0.4) is 0 Å². The summed E-state index contributed by atoms with van der Waals surface area (Å²) in [5, 5.41) is 8.96. The fourth-order valence-electron chi connectivity index (χ4n) is 1.95. The molecule has 0 atom stereocenters. The molecule has 0 radical (unpaired) electrons. The first-order valence-electron chi connectivity index (χ1n) is 5.61. The summed E-state index contributed by atoms with van der Waals surface area (Å²) in [4.78, 5) is 15.2. The van der Waals surface area contributed by atoms with Gasteiger partial charge < -0.3 is 5.11 Å². The minimum Gasteiger partial charge on any atom is -0.478 e. The Morgan fingerprint density at radius 2 is 1.89 bits per heavy atom. The van der Waals surface area contributed by atoms with E-state index in [2.05, 4.69) is 20.9 Å². The summed E-state index contributed by atoms with van der Waals surface area (Å²) in [6, 6.07) is 12.8. The van der Waals surface area contributed by atoms with E-state index in [1.807, 2.05) is 28.8 Å². The third kappa shape index (κ3) is 2.13. The van der Waals surface area contributed by atoms with Gasteiger partial charge in [-0.3, -0.25) is 4.57 Å². The Morgan fingerprint density at radius 3 is 2.58 bits per heavy atom. The van der Waals surface area contributed by atoms with Gasteiger partial charge >= 0.3 is 5.97 Å². The first-order chi connectivity index (χ1) is 9.15. The summed E-state index contributed by atoms with van der Waals surface area (Å²) in [6.07, 6.45) is 1.69. The maximum Gasteiger partial charge on any atom is 0.335 e. The van der Waals surface area contributed by atoms with Crippen molar-refractivity contribution >= 4 is 32.9 Å². The monoisotopic (exact) mass is 316 g/mol. The van der Waals surface area contributed by atoms with E-state index in [4.69, 9.17) is 5.11 Å². The number of nitrogens with zero attached hydrogens (tertiary/aromatic N) is 2. The van der Waals surface area contributed by atoms with Crippen molar-refractivity contribution < 1.29 is 9.90 Å². The van der Waals surface area contributed by atoms with Gasteiger partial charge in [-0.15, -0.1) is 0 Å². The molecule has 0 spiro atoms. The van der Waals surface area contributed by atoms with Crippen LogP contribution in [-0.2, 0) is 0 Å². The molecule has 0 aliphatic heterocycles. The number of carboxylic acids is 1. The van der Waals surface area contributed by atoms with Gasteiger partial charge in [-0.1, -0.05) is 15.9 Å². The summed E-state index contributed by atoms with van der Waals surface area (Å²) >= 11 is 3.39. The average Bonchev–Trinajstić information content (AvgIpc) is 2.82. The lowest BCUT2D eigenvalue weighted by Crippen LogP contribution is -1.96. The maximum absolute atomic E-state index is 10.9. The Labute approximate surface area is 117 Å². The lowest BCUT2D eigenvalue weighted by Gasteiger charge is -2.04. The number of halogens is 1. The molecule has 19 heavy (non-hydrogen) atoms. The standard InChI is InChI=1S/C14H9BrN2O2/c15-10-2-4-11(5-3-10)17-8-16-12-7-9(14(18)19)1-6-13(12)17/h1-8H,(H,18,19). The highest BCUT2D eigenvalue weighted by Gasteiger charge is 2.08. The molecule has 0 saturated heterocycles. The molecule has 94 valence electrons. The zero-order chi connectivity index (χ0) is 13.4. The van der Waals surface area contributed by atoms with Gasteiger partial charge in [-0.05, 0) is 42.5 Å². The highest BCUT2D eigenvalue weighted by molar-refractivity contribution is 9.10. The van der Waals surface area contributed by atoms with Crippen LogP contribution >= 0.6 is 15.9 Å². The van der Waals surface area contributed by atoms with Crippen molar-refractivity contribution in [3.05, 3.63) is 58.8 Å². The molecule has 0 saturated carbocycles. The minimum absolute atomic E-state index is 0.244. The van der Waals surface area contributed by atoms with Crippen LogP contribution in [0.2, 0.25) is 0 Å². The van der Waals surface area contributed by atoms with Gasteiger partial charge in [0.25, 0.3) is 0 Å². The second-order valence-corrected chi connectivity index (χ2v) is 5.02. The Hall–Kier alpha value is -2.14. The topological polar surface area (TPSA) is 55.1 Å².